The van der Waals surface area contributed by atoms with Crippen molar-refractivity contribution in [3.05, 3.63) is 63.5 Å². The van der Waals surface area contributed by atoms with Crippen LogP contribution in [0.5, 0.6) is 0 Å². The number of nitrogens with zero attached hydrogens (tertiary/aromatic N) is 4. The van der Waals surface area contributed by atoms with Crippen molar-refractivity contribution in [2.24, 2.45) is 28.6 Å². The minimum Gasteiger partial charge on any atom is -0.414 e. The summed E-state index contributed by atoms with van der Waals surface area (Å²) in [5.41, 5.74) is -2.19. The summed E-state index contributed by atoms with van der Waals surface area (Å²) < 4.78 is 26.8. The molecule has 0 unspecified atom stereocenters. The highest BCUT2D eigenvalue weighted by atomic mass is 28.4. The summed E-state index contributed by atoms with van der Waals surface area (Å²) in [6.45, 7) is 28.9. The Bertz CT molecular complexity index is 2020. The molecule has 2 aromatic rings. The molecule has 12 heteroatoms. The van der Waals surface area contributed by atoms with Crippen molar-refractivity contribution in [1.82, 2.24) is 18.8 Å². The Morgan fingerprint density at radius 3 is 2.07 bits per heavy atom. The highest BCUT2D eigenvalue weighted by Crippen LogP contribution is 2.74. The van der Waals surface area contributed by atoms with Crippen LogP contribution in [0.2, 0.25) is 36.3 Å². The van der Waals surface area contributed by atoms with E-state index in [1.165, 1.54) is 4.57 Å². The minimum atomic E-state index is -2.35. The highest BCUT2D eigenvalue weighted by Gasteiger charge is 2.77. The van der Waals surface area contributed by atoms with Gasteiger partial charge in [-0.3, -0.25) is 4.79 Å². The molecule has 1 aromatic carbocycles. The first-order chi connectivity index (χ1) is 26.3. The summed E-state index contributed by atoms with van der Waals surface area (Å²) >= 11 is 0. The molecular formula is C45H72N4O6Si2. The lowest BCUT2D eigenvalue weighted by Gasteiger charge is -2.73. The molecule has 3 heterocycles. The molecule has 2 bridgehead atoms. The number of carbonyl (C=O) groups excluding carboxylic acids is 1. The zero-order chi connectivity index (χ0) is 41.9. The Morgan fingerprint density at radius 1 is 0.842 bits per heavy atom. The van der Waals surface area contributed by atoms with Crippen LogP contribution in [0.25, 0.3) is 5.69 Å². The van der Waals surface area contributed by atoms with Gasteiger partial charge in [0, 0.05) is 32.5 Å². The number of rotatable bonds is 10. The number of ether oxygens (including phenoxy) is 1. The summed E-state index contributed by atoms with van der Waals surface area (Å²) in [6, 6.07) is 9.47. The van der Waals surface area contributed by atoms with Gasteiger partial charge < -0.3 is 18.5 Å². The molecule has 3 fully saturated rings. The van der Waals surface area contributed by atoms with Gasteiger partial charge in [-0.05, 0) is 104 Å². The molecule has 57 heavy (non-hydrogen) atoms. The van der Waals surface area contributed by atoms with Gasteiger partial charge >= 0.3 is 11.4 Å². The Kier molecular flexibility index (Phi) is 10.3. The number of fused-ring (bicyclic) bond motifs is 1. The van der Waals surface area contributed by atoms with Gasteiger partial charge in [-0.15, -0.1) is 0 Å². The van der Waals surface area contributed by atoms with Crippen molar-refractivity contribution < 1.29 is 18.4 Å². The van der Waals surface area contributed by atoms with Crippen LogP contribution in [0.4, 0.5) is 0 Å². The Labute approximate surface area is 343 Å². The number of hydrogen-bond acceptors (Lipinski definition) is 6. The fraction of sp³-hybridized carbons (Fsp3) is 0.756. The van der Waals surface area contributed by atoms with Crippen molar-refractivity contribution in [1.29, 1.82) is 0 Å². The highest BCUT2D eigenvalue weighted by molar-refractivity contribution is 6.74. The maximum atomic E-state index is 15.5. The molecule has 1 amide bonds. The predicted molar refractivity (Wildman–Crippen MR) is 232 cm³/mol. The number of hydrogen-bond donors (Lipinski definition) is 0. The molecular weight excluding hydrogens is 749 g/mol. The van der Waals surface area contributed by atoms with E-state index in [1.54, 1.807) is 19.0 Å². The molecule has 6 aliphatic rings. The van der Waals surface area contributed by atoms with Crippen LogP contribution in [0.3, 0.4) is 0 Å². The average molecular weight is 821 g/mol. The van der Waals surface area contributed by atoms with E-state index in [4.69, 9.17) is 13.6 Å². The van der Waals surface area contributed by atoms with Crippen molar-refractivity contribution in [3.8, 4) is 5.69 Å². The van der Waals surface area contributed by atoms with Gasteiger partial charge in [0.1, 0.15) is 0 Å². The minimum absolute atomic E-state index is 0.000661. The van der Waals surface area contributed by atoms with Crippen molar-refractivity contribution in [3.63, 3.8) is 0 Å². The summed E-state index contributed by atoms with van der Waals surface area (Å²) in [5.74, 6) is 0.479. The van der Waals surface area contributed by atoms with Crippen LogP contribution in [0, 0.1) is 28.6 Å². The summed E-state index contributed by atoms with van der Waals surface area (Å²) in [5, 5.41) is -0.0269. The molecule has 0 N–H and O–H groups in total. The summed E-state index contributed by atoms with van der Waals surface area (Å²) in [4.78, 5) is 44.8. The number of amides is 1. The third-order valence-corrected chi connectivity index (χ3v) is 26.1. The van der Waals surface area contributed by atoms with E-state index in [1.807, 2.05) is 39.7 Å². The number of carbonyl (C=O) groups is 1. The predicted octanol–water partition coefficient (Wildman–Crippen LogP) is 8.29. The lowest BCUT2D eigenvalue weighted by Crippen LogP contribution is -2.80. The van der Waals surface area contributed by atoms with Crippen LogP contribution in [0.1, 0.15) is 100 Å². The first-order valence-electron chi connectivity index (χ1n) is 21.7. The van der Waals surface area contributed by atoms with Gasteiger partial charge in [0.05, 0.1) is 42.0 Å². The number of aromatic nitrogens is 3. The fourth-order valence-corrected chi connectivity index (χ4v) is 14.6. The van der Waals surface area contributed by atoms with E-state index < -0.39 is 33.1 Å². The summed E-state index contributed by atoms with van der Waals surface area (Å²) in [7, 11) is -1.05. The zero-order valence-electron chi connectivity index (χ0n) is 37.5. The van der Waals surface area contributed by atoms with E-state index in [9.17, 15) is 4.79 Å². The van der Waals surface area contributed by atoms with E-state index in [2.05, 4.69) is 93.7 Å². The van der Waals surface area contributed by atoms with Gasteiger partial charge in [-0.2, -0.15) is 0 Å². The second kappa shape index (κ2) is 13.8. The van der Waals surface area contributed by atoms with E-state index in [-0.39, 0.29) is 62.7 Å². The number of para-hydroxylation sites is 1. The van der Waals surface area contributed by atoms with E-state index in [0.717, 1.165) is 32.1 Å². The van der Waals surface area contributed by atoms with Crippen molar-refractivity contribution in [2.75, 3.05) is 27.3 Å². The SMILES string of the molecule is CN(C)C(=O)CCOC[C@H]1CC[C@@H]2[C@]1(C)CC[C@H]1[C@]23C=C[C@]2(C[C@@H](O[Si](C)(C)C(C)(C)C)C[C@H](O[Si](C)(C)C(C)(C)C)[C@]12C)n1c(=O)n(-c2ccccc2)c(=O)n13. The molecule has 316 valence electrons. The topological polar surface area (TPSA) is 96.9 Å². The van der Waals surface area contributed by atoms with E-state index >= 15 is 9.59 Å². The molecule has 0 radical (unpaired) electrons. The van der Waals surface area contributed by atoms with Gasteiger partial charge in [0.15, 0.2) is 16.6 Å². The second-order valence-corrected chi connectivity index (χ2v) is 31.6. The van der Waals surface area contributed by atoms with Gasteiger partial charge in [-0.1, -0.05) is 85.7 Å². The van der Waals surface area contributed by atoms with Crippen LogP contribution < -0.4 is 11.4 Å². The molecule has 8 rings (SSSR count). The molecule has 4 aliphatic carbocycles. The van der Waals surface area contributed by atoms with Crippen LogP contribution >= 0.6 is 0 Å². The molecule has 2 spiro atoms. The van der Waals surface area contributed by atoms with E-state index in [0.29, 0.717) is 31.7 Å². The maximum Gasteiger partial charge on any atom is 0.352 e. The first kappa shape index (κ1) is 42.6. The monoisotopic (exact) mass is 820 g/mol. The van der Waals surface area contributed by atoms with Crippen LogP contribution in [-0.2, 0) is 29.5 Å². The van der Waals surface area contributed by atoms with Gasteiger partial charge in [-0.25, -0.2) is 23.5 Å². The van der Waals surface area contributed by atoms with Gasteiger partial charge in [0.2, 0.25) is 5.91 Å². The quantitative estimate of drug-likeness (QED) is 0.136. The Morgan fingerprint density at radius 2 is 1.46 bits per heavy atom. The maximum absolute atomic E-state index is 15.5. The molecule has 2 aliphatic heterocycles. The zero-order valence-corrected chi connectivity index (χ0v) is 39.5. The average Bonchev–Trinajstić information content (AvgIpc) is 3.59. The number of benzene rings is 1. The smallest absolute Gasteiger partial charge is 0.352 e. The summed E-state index contributed by atoms with van der Waals surface area (Å²) in [6.07, 6.45) is 9.96. The number of allylic oxidation sites excluding steroid dienone is 2. The van der Waals surface area contributed by atoms with Crippen LogP contribution in [-0.4, -0.2) is 80.9 Å². The molecule has 9 atom stereocenters. The third-order valence-electron chi connectivity index (χ3n) is 17.1. The van der Waals surface area contributed by atoms with Crippen LogP contribution in [0.15, 0.2) is 52.1 Å². The lowest BCUT2D eigenvalue weighted by molar-refractivity contribution is -0.234. The molecule has 0 saturated heterocycles. The fourth-order valence-electron chi connectivity index (χ4n) is 11.8. The van der Waals surface area contributed by atoms with Crippen molar-refractivity contribution >= 4 is 22.5 Å². The third kappa shape index (κ3) is 6.10. The van der Waals surface area contributed by atoms with Crippen molar-refractivity contribution in [2.45, 2.75) is 160 Å². The molecule has 1 aromatic heterocycles. The Hall–Kier alpha value is -2.52. The lowest BCUT2D eigenvalue weighted by atomic mass is 9.40. The molecule has 10 nitrogen and oxygen atoms in total. The second-order valence-electron chi connectivity index (χ2n) is 22.1. The Balaban J connectivity index is 1.43. The molecule has 3 saturated carbocycles. The first-order valence-corrected chi connectivity index (χ1v) is 27.5. The van der Waals surface area contributed by atoms with Gasteiger partial charge in [0.25, 0.3) is 0 Å². The standard InChI is InChI=1S/C45H72N4O6Si2/c1-40(2,3)56(11,12)54-33-28-36(55-57(13,14)41(4,5)6)43(8)35-22-24-42(7)31(30-53-27-23-37(50)46(9)10)20-21-34(42)45(35)26-25-44(43,29-33)48-38(51)47(39(52)49(45)48)32-18-16-15-17-19-32/h15-19,25-26,31,33-36H,20-24,27-30H2,1-14H3/t31-,33+,34-,35-,36+,42-,43+,44-,45+/m1/s1. The largest absolute Gasteiger partial charge is 0.414 e. The normalized spacial score (nSPS) is 34.7.